The van der Waals surface area contributed by atoms with Crippen molar-refractivity contribution in [1.29, 1.82) is 0 Å². The highest BCUT2D eigenvalue weighted by Gasteiger charge is 2.31. The average Bonchev–Trinajstić information content (AvgIpc) is 3.39. The van der Waals surface area contributed by atoms with E-state index in [2.05, 4.69) is 20.9 Å². The van der Waals surface area contributed by atoms with Gasteiger partial charge in [-0.15, -0.1) is 0 Å². The number of para-hydroxylation sites is 1. The van der Waals surface area contributed by atoms with Gasteiger partial charge in [0.05, 0.1) is 6.04 Å². The number of fused-ring (bicyclic) bond motifs is 1. The summed E-state index contributed by atoms with van der Waals surface area (Å²) in [5.41, 5.74) is 13.3. The van der Waals surface area contributed by atoms with E-state index in [0.29, 0.717) is 5.56 Å². The summed E-state index contributed by atoms with van der Waals surface area (Å²) in [4.78, 5) is 77.1. The second kappa shape index (κ2) is 15.9. The van der Waals surface area contributed by atoms with Crippen LogP contribution < -0.4 is 27.4 Å². The molecule has 1 heterocycles. The van der Waals surface area contributed by atoms with Crippen LogP contribution in [-0.4, -0.2) is 80.0 Å². The largest absolute Gasteiger partial charge is 0.508 e. The van der Waals surface area contributed by atoms with Crippen LogP contribution >= 0.6 is 0 Å². The van der Waals surface area contributed by atoms with Crippen LogP contribution in [0.2, 0.25) is 0 Å². The second-order valence-electron chi connectivity index (χ2n) is 10.5. The van der Waals surface area contributed by atoms with Gasteiger partial charge in [0.15, 0.2) is 0 Å². The number of aromatic nitrogens is 1. The van der Waals surface area contributed by atoms with E-state index in [1.54, 1.807) is 6.20 Å². The summed E-state index contributed by atoms with van der Waals surface area (Å²) >= 11 is 0. The monoisotopic (exact) mass is 624 g/mol. The molecule has 45 heavy (non-hydrogen) atoms. The molecule has 0 saturated carbocycles. The molecule has 0 aliphatic carbocycles. The fourth-order valence-corrected chi connectivity index (χ4v) is 4.61. The zero-order valence-corrected chi connectivity index (χ0v) is 24.2. The zero-order chi connectivity index (χ0) is 33.1. The summed E-state index contributed by atoms with van der Waals surface area (Å²) in [6.45, 7) is 0. The number of aromatic hydroxyl groups is 1. The minimum absolute atomic E-state index is 0.0541. The molecular formula is C30H36N6O9. The van der Waals surface area contributed by atoms with Crippen molar-refractivity contribution in [2.45, 2.75) is 62.7 Å². The first-order valence-corrected chi connectivity index (χ1v) is 14.1. The minimum Gasteiger partial charge on any atom is -0.508 e. The number of hydrogen-bond donors (Lipinski definition) is 9. The van der Waals surface area contributed by atoms with Gasteiger partial charge in [-0.05, 0) is 48.6 Å². The van der Waals surface area contributed by atoms with Crippen molar-refractivity contribution in [1.82, 2.24) is 20.9 Å². The quantitative estimate of drug-likeness (QED) is 0.0942. The predicted octanol–water partition coefficient (Wildman–Crippen LogP) is -0.345. The highest BCUT2D eigenvalue weighted by atomic mass is 16.4. The summed E-state index contributed by atoms with van der Waals surface area (Å²) < 4.78 is 0. The molecule has 11 N–H and O–H groups in total. The predicted molar refractivity (Wildman–Crippen MR) is 161 cm³/mol. The van der Waals surface area contributed by atoms with Gasteiger partial charge in [0, 0.05) is 36.4 Å². The molecule has 3 aromatic rings. The minimum atomic E-state index is -1.51. The molecule has 15 heteroatoms. The van der Waals surface area contributed by atoms with Gasteiger partial charge in [-0.25, -0.2) is 4.79 Å². The fraction of sp³-hybridized carbons (Fsp3) is 0.333. The third kappa shape index (κ3) is 10.4. The first-order chi connectivity index (χ1) is 21.3. The molecule has 1 aromatic heterocycles. The number of primary amides is 1. The van der Waals surface area contributed by atoms with Crippen LogP contribution in [0, 0.1) is 0 Å². The smallest absolute Gasteiger partial charge is 0.326 e. The van der Waals surface area contributed by atoms with Crippen molar-refractivity contribution in [2.24, 2.45) is 11.5 Å². The molecule has 0 bridgehead atoms. The molecular weight excluding hydrogens is 588 g/mol. The Bertz CT molecular complexity index is 1540. The maximum absolute atomic E-state index is 13.4. The number of rotatable bonds is 17. The van der Waals surface area contributed by atoms with E-state index in [0.717, 1.165) is 16.5 Å². The van der Waals surface area contributed by atoms with E-state index in [1.165, 1.54) is 24.3 Å². The van der Waals surface area contributed by atoms with Gasteiger partial charge in [-0.3, -0.25) is 24.0 Å². The number of hydrogen-bond acceptors (Lipinski definition) is 8. The Morgan fingerprint density at radius 2 is 1.36 bits per heavy atom. The summed E-state index contributed by atoms with van der Waals surface area (Å²) in [5, 5.41) is 36.5. The van der Waals surface area contributed by atoms with Crippen LogP contribution in [0.4, 0.5) is 0 Å². The molecule has 0 saturated heterocycles. The van der Waals surface area contributed by atoms with Crippen molar-refractivity contribution in [3.05, 3.63) is 65.9 Å². The first-order valence-electron chi connectivity index (χ1n) is 14.1. The van der Waals surface area contributed by atoms with Gasteiger partial charge in [-0.2, -0.15) is 0 Å². The topological polar surface area (TPSA) is 267 Å². The lowest BCUT2D eigenvalue weighted by Gasteiger charge is -2.25. The molecule has 4 unspecified atom stereocenters. The van der Waals surface area contributed by atoms with E-state index in [1.807, 2.05) is 24.3 Å². The molecule has 0 radical (unpaired) electrons. The van der Waals surface area contributed by atoms with Crippen LogP contribution in [0.3, 0.4) is 0 Å². The third-order valence-electron chi connectivity index (χ3n) is 7.03. The first kappa shape index (κ1) is 34.1. The Morgan fingerprint density at radius 3 is 2.00 bits per heavy atom. The third-order valence-corrected chi connectivity index (χ3v) is 7.03. The SMILES string of the molecule is NC(=O)CCC(NC(=O)C(Cc1ccc(O)cc1)NC(=O)C(CCC(=O)O)NC(=O)C(N)Cc1c[nH]c2ccccc12)C(=O)O. The number of nitrogens with one attached hydrogen (secondary N) is 4. The summed E-state index contributed by atoms with van der Waals surface area (Å²) in [6.07, 6.45) is 0.190. The number of carboxylic acid groups (broad SMARTS) is 2. The molecule has 4 amide bonds. The van der Waals surface area contributed by atoms with Crippen LogP contribution in [-0.2, 0) is 41.6 Å². The zero-order valence-electron chi connectivity index (χ0n) is 24.2. The molecule has 0 aliphatic heterocycles. The van der Waals surface area contributed by atoms with Crippen molar-refractivity contribution >= 4 is 46.5 Å². The fourth-order valence-electron chi connectivity index (χ4n) is 4.61. The standard InChI is InChI=1S/C30H36N6O9/c31-20(14-17-15-33-21-4-2-1-3-19(17)21)27(41)34-22(10-12-26(39)40)28(42)36-24(13-16-5-7-18(37)8-6-16)29(43)35-23(30(44)45)9-11-25(32)38/h1-8,15,20,22-24,33,37H,9-14,31H2,(H2,32,38)(H,34,41)(H,35,43)(H,36,42)(H,39,40)(H,44,45). The Hall–Kier alpha value is -5.44. The highest BCUT2D eigenvalue weighted by molar-refractivity contribution is 5.95. The lowest BCUT2D eigenvalue weighted by molar-refractivity contribution is -0.142. The lowest BCUT2D eigenvalue weighted by atomic mass is 10.0. The van der Waals surface area contributed by atoms with Gasteiger partial charge in [0.1, 0.15) is 23.9 Å². The van der Waals surface area contributed by atoms with Crippen LogP contribution in [0.1, 0.15) is 36.8 Å². The van der Waals surface area contributed by atoms with Gasteiger partial charge in [0.2, 0.25) is 23.6 Å². The summed E-state index contributed by atoms with van der Waals surface area (Å²) in [5.74, 6) is -6.06. The molecule has 0 aliphatic rings. The maximum Gasteiger partial charge on any atom is 0.326 e. The van der Waals surface area contributed by atoms with Gasteiger partial charge in [0.25, 0.3) is 0 Å². The number of H-pyrrole nitrogens is 1. The van der Waals surface area contributed by atoms with E-state index in [-0.39, 0.29) is 37.9 Å². The van der Waals surface area contributed by atoms with Crippen LogP contribution in [0.5, 0.6) is 5.75 Å². The molecule has 0 spiro atoms. The molecule has 15 nitrogen and oxygen atoms in total. The number of phenolic OH excluding ortho intramolecular Hbond substituents is 1. The molecule has 2 aromatic carbocycles. The highest BCUT2D eigenvalue weighted by Crippen LogP contribution is 2.19. The van der Waals surface area contributed by atoms with Crippen molar-refractivity contribution in [3.63, 3.8) is 0 Å². The van der Waals surface area contributed by atoms with Crippen molar-refractivity contribution < 1.29 is 44.1 Å². The van der Waals surface area contributed by atoms with E-state index in [9.17, 15) is 44.1 Å². The van der Waals surface area contributed by atoms with Gasteiger partial charge in [-0.1, -0.05) is 30.3 Å². The average molecular weight is 625 g/mol. The Morgan fingerprint density at radius 1 is 0.756 bits per heavy atom. The number of carbonyl (C=O) groups excluding carboxylic acids is 4. The van der Waals surface area contributed by atoms with Crippen LogP contribution in [0.15, 0.2) is 54.7 Å². The number of aliphatic carboxylic acids is 2. The number of nitrogens with two attached hydrogens (primary N) is 2. The molecule has 240 valence electrons. The Labute approximate surface area is 257 Å². The van der Waals surface area contributed by atoms with Crippen molar-refractivity contribution in [2.75, 3.05) is 0 Å². The number of carbonyl (C=O) groups is 6. The Kier molecular flexibility index (Phi) is 12.0. The number of aromatic amines is 1. The van der Waals surface area contributed by atoms with Gasteiger partial charge >= 0.3 is 11.9 Å². The van der Waals surface area contributed by atoms with E-state index >= 15 is 0 Å². The number of benzene rings is 2. The summed E-state index contributed by atoms with van der Waals surface area (Å²) in [6, 6.07) is 7.63. The lowest BCUT2D eigenvalue weighted by Crippen LogP contribution is -2.57. The van der Waals surface area contributed by atoms with Crippen LogP contribution in [0.25, 0.3) is 10.9 Å². The normalized spacial score (nSPS) is 13.6. The molecule has 3 rings (SSSR count). The number of carboxylic acids is 2. The molecule has 4 atom stereocenters. The Balaban J connectivity index is 1.79. The van der Waals surface area contributed by atoms with E-state index < -0.39 is 66.2 Å². The van der Waals surface area contributed by atoms with E-state index in [4.69, 9.17) is 11.5 Å². The second-order valence-corrected chi connectivity index (χ2v) is 10.5. The summed E-state index contributed by atoms with van der Waals surface area (Å²) in [7, 11) is 0. The molecule has 0 fully saturated rings. The number of phenols is 1. The van der Waals surface area contributed by atoms with Gasteiger partial charge < -0.3 is 47.7 Å². The van der Waals surface area contributed by atoms with Crippen molar-refractivity contribution in [3.8, 4) is 5.75 Å². The maximum atomic E-state index is 13.4. The number of amides is 4.